The molecule has 5 nitrogen and oxygen atoms in total. The van der Waals surface area contributed by atoms with Crippen LogP contribution in [0.15, 0.2) is 47.4 Å². The average Bonchev–Trinajstić information content (AvgIpc) is 2.63. The van der Waals surface area contributed by atoms with Gasteiger partial charge in [0, 0.05) is 38.9 Å². The Kier molecular flexibility index (Phi) is 5.34. The van der Waals surface area contributed by atoms with E-state index >= 15 is 0 Å². The third-order valence-electron chi connectivity index (χ3n) is 4.76. The lowest BCUT2D eigenvalue weighted by atomic mass is 10.0. The molecule has 132 valence electrons. The van der Waals surface area contributed by atoms with Crippen molar-refractivity contribution in [2.45, 2.75) is 26.3 Å². The van der Waals surface area contributed by atoms with Crippen LogP contribution >= 0.6 is 0 Å². The van der Waals surface area contributed by atoms with Crippen LogP contribution in [0, 0.1) is 0 Å². The highest BCUT2D eigenvalue weighted by Crippen LogP contribution is 2.16. The zero-order chi connectivity index (χ0) is 17.8. The van der Waals surface area contributed by atoms with Crippen LogP contribution in [0.2, 0.25) is 0 Å². The van der Waals surface area contributed by atoms with Gasteiger partial charge in [0.1, 0.15) is 5.56 Å². The van der Waals surface area contributed by atoms with Gasteiger partial charge >= 0.3 is 0 Å². The molecule has 0 unspecified atom stereocenters. The molecule has 1 fully saturated rings. The molecule has 3 rings (SSSR count). The molecule has 1 saturated heterocycles. The smallest absolute Gasteiger partial charge is 0.260 e. The molecule has 0 radical (unpaired) electrons. The summed E-state index contributed by atoms with van der Waals surface area (Å²) in [7, 11) is 0. The second-order valence-corrected chi connectivity index (χ2v) is 6.88. The zero-order valence-corrected chi connectivity index (χ0v) is 14.9. The number of carbonyl (C=O) groups excluding carboxylic acids is 1. The summed E-state index contributed by atoms with van der Waals surface area (Å²) in [6.45, 7) is 8.23. The van der Waals surface area contributed by atoms with Crippen molar-refractivity contribution in [3.63, 3.8) is 0 Å². The Morgan fingerprint density at radius 1 is 1.08 bits per heavy atom. The minimum atomic E-state index is -0.319. The van der Waals surface area contributed by atoms with Crippen LogP contribution in [0.25, 0.3) is 0 Å². The van der Waals surface area contributed by atoms with E-state index in [9.17, 15) is 9.59 Å². The van der Waals surface area contributed by atoms with Gasteiger partial charge in [-0.3, -0.25) is 14.5 Å². The van der Waals surface area contributed by atoms with Crippen molar-refractivity contribution < 1.29 is 4.79 Å². The van der Waals surface area contributed by atoms with Crippen LogP contribution in [-0.2, 0) is 6.54 Å². The Bertz CT molecular complexity index is 772. The van der Waals surface area contributed by atoms with E-state index in [0.717, 1.165) is 19.6 Å². The maximum atomic E-state index is 12.5. The van der Waals surface area contributed by atoms with Gasteiger partial charge in [0.25, 0.3) is 11.5 Å². The number of pyridine rings is 1. The van der Waals surface area contributed by atoms with E-state index in [-0.39, 0.29) is 17.0 Å². The predicted molar refractivity (Wildman–Crippen MR) is 98.8 cm³/mol. The fourth-order valence-electron chi connectivity index (χ4n) is 3.14. The predicted octanol–water partition coefficient (Wildman–Crippen LogP) is 2.46. The van der Waals surface area contributed by atoms with Crippen LogP contribution in [0.1, 0.15) is 41.3 Å². The monoisotopic (exact) mass is 339 g/mol. The van der Waals surface area contributed by atoms with Gasteiger partial charge in [-0.2, -0.15) is 0 Å². The lowest BCUT2D eigenvalue weighted by Gasteiger charge is -2.34. The number of aromatic nitrogens is 1. The van der Waals surface area contributed by atoms with Gasteiger partial charge in [0.2, 0.25) is 0 Å². The number of carbonyl (C=O) groups is 1. The first kappa shape index (κ1) is 17.4. The quantitative estimate of drug-likeness (QED) is 0.931. The van der Waals surface area contributed by atoms with E-state index in [0.29, 0.717) is 19.0 Å². The average molecular weight is 339 g/mol. The molecule has 0 atom stereocenters. The number of nitrogens with zero attached hydrogens (tertiary/aromatic N) is 2. The second kappa shape index (κ2) is 7.66. The van der Waals surface area contributed by atoms with Crippen LogP contribution in [0.5, 0.6) is 0 Å². The summed E-state index contributed by atoms with van der Waals surface area (Å²) < 4.78 is 0. The van der Waals surface area contributed by atoms with Crippen molar-refractivity contribution in [1.82, 2.24) is 14.8 Å². The normalized spacial score (nSPS) is 15.6. The molecular formula is C20H25N3O2. The number of hydrogen-bond donors (Lipinski definition) is 1. The fraction of sp³-hybridized carbons (Fsp3) is 0.400. The first-order valence-corrected chi connectivity index (χ1v) is 8.83. The lowest BCUT2D eigenvalue weighted by molar-refractivity contribution is 0.0626. The van der Waals surface area contributed by atoms with Crippen LogP contribution in [0.3, 0.4) is 0 Å². The molecule has 2 heterocycles. The van der Waals surface area contributed by atoms with Gasteiger partial charge < -0.3 is 9.88 Å². The highest BCUT2D eigenvalue weighted by atomic mass is 16.2. The summed E-state index contributed by atoms with van der Waals surface area (Å²) >= 11 is 0. The second-order valence-electron chi connectivity index (χ2n) is 6.88. The summed E-state index contributed by atoms with van der Waals surface area (Å²) in [6.07, 6.45) is 1.54. The maximum Gasteiger partial charge on any atom is 0.260 e. The van der Waals surface area contributed by atoms with Crippen LogP contribution in [-0.4, -0.2) is 46.9 Å². The number of nitrogens with one attached hydrogen (secondary N) is 1. The number of H-pyrrole nitrogens is 1. The van der Waals surface area contributed by atoms with E-state index in [1.165, 1.54) is 11.1 Å². The van der Waals surface area contributed by atoms with Crippen molar-refractivity contribution >= 4 is 5.91 Å². The van der Waals surface area contributed by atoms with Gasteiger partial charge in [-0.1, -0.05) is 38.1 Å². The number of rotatable bonds is 4. The van der Waals surface area contributed by atoms with Gasteiger partial charge in [0.15, 0.2) is 0 Å². The van der Waals surface area contributed by atoms with E-state index in [4.69, 9.17) is 0 Å². The maximum absolute atomic E-state index is 12.5. The molecule has 1 N–H and O–H groups in total. The van der Waals surface area contributed by atoms with Gasteiger partial charge in [-0.05, 0) is 29.2 Å². The number of hydrogen-bond acceptors (Lipinski definition) is 3. The molecule has 1 amide bonds. The Hall–Kier alpha value is -2.40. The van der Waals surface area contributed by atoms with E-state index in [2.05, 4.69) is 48.0 Å². The minimum Gasteiger partial charge on any atom is -0.336 e. The molecule has 0 spiro atoms. The first-order valence-electron chi connectivity index (χ1n) is 8.83. The molecule has 1 aliphatic heterocycles. The van der Waals surface area contributed by atoms with E-state index in [1.807, 2.05) is 0 Å². The van der Waals surface area contributed by atoms with Crippen LogP contribution in [0.4, 0.5) is 0 Å². The SMILES string of the molecule is CC(C)c1ccc(CN2CCN(C(=O)c3ccc[nH]c3=O)CC2)cc1. The van der Waals surface area contributed by atoms with Crippen molar-refractivity contribution in [2.75, 3.05) is 26.2 Å². The summed E-state index contributed by atoms with van der Waals surface area (Å²) in [6, 6.07) is 12.0. The standard InChI is InChI=1S/C20H25N3O2/c1-15(2)17-7-5-16(6-8-17)14-22-10-12-23(13-11-22)20(25)18-4-3-9-21-19(18)24/h3-9,15H,10-14H2,1-2H3,(H,21,24). The number of piperazine rings is 1. The molecule has 1 aromatic carbocycles. The Balaban J connectivity index is 1.56. The lowest BCUT2D eigenvalue weighted by Crippen LogP contribution is -2.49. The van der Waals surface area contributed by atoms with Crippen molar-refractivity contribution in [2.24, 2.45) is 0 Å². The summed E-state index contributed by atoms with van der Waals surface area (Å²) in [5.41, 5.74) is 2.55. The highest BCUT2D eigenvalue weighted by Gasteiger charge is 2.23. The molecule has 2 aromatic rings. The van der Waals surface area contributed by atoms with Gasteiger partial charge in [0.05, 0.1) is 0 Å². The molecule has 5 heteroatoms. The van der Waals surface area contributed by atoms with E-state index < -0.39 is 0 Å². The molecular weight excluding hydrogens is 314 g/mol. The molecule has 0 bridgehead atoms. The molecule has 25 heavy (non-hydrogen) atoms. The van der Waals surface area contributed by atoms with Crippen LogP contribution < -0.4 is 5.56 Å². The molecule has 1 aliphatic rings. The van der Waals surface area contributed by atoms with Gasteiger partial charge in [-0.25, -0.2) is 0 Å². The zero-order valence-electron chi connectivity index (χ0n) is 14.9. The van der Waals surface area contributed by atoms with Crippen molar-refractivity contribution in [3.8, 4) is 0 Å². The molecule has 1 aromatic heterocycles. The largest absolute Gasteiger partial charge is 0.336 e. The topological polar surface area (TPSA) is 56.4 Å². The minimum absolute atomic E-state index is 0.178. The number of aromatic amines is 1. The van der Waals surface area contributed by atoms with Crippen molar-refractivity contribution in [3.05, 3.63) is 69.6 Å². The third-order valence-corrected chi connectivity index (χ3v) is 4.76. The number of amides is 1. The third kappa shape index (κ3) is 4.17. The van der Waals surface area contributed by atoms with Crippen molar-refractivity contribution in [1.29, 1.82) is 0 Å². The fourth-order valence-corrected chi connectivity index (χ4v) is 3.14. The Labute approximate surface area is 148 Å². The van der Waals surface area contributed by atoms with E-state index in [1.54, 1.807) is 23.2 Å². The summed E-state index contributed by atoms with van der Waals surface area (Å²) in [4.78, 5) is 30.9. The first-order chi connectivity index (χ1) is 12.0. The molecule has 0 saturated carbocycles. The number of benzene rings is 1. The summed E-state index contributed by atoms with van der Waals surface area (Å²) in [5.74, 6) is 0.368. The Morgan fingerprint density at radius 2 is 1.76 bits per heavy atom. The summed E-state index contributed by atoms with van der Waals surface area (Å²) in [5, 5.41) is 0. The molecule has 0 aliphatic carbocycles. The Morgan fingerprint density at radius 3 is 2.36 bits per heavy atom. The highest BCUT2D eigenvalue weighted by molar-refractivity contribution is 5.93. The van der Waals surface area contributed by atoms with Gasteiger partial charge in [-0.15, -0.1) is 0 Å².